The summed E-state index contributed by atoms with van der Waals surface area (Å²) in [4.78, 5) is 31.2. The molecule has 0 saturated carbocycles. The fourth-order valence-electron chi connectivity index (χ4n) is 3.55. The average molecular weight is 474 g/mol. The second kappa shape index (κ2) is 10.1. The number of hydrogen-bond acceptors (Lipinski definition) is 9. The SMILES string of the molecule is CCC(=O)c1cnc(Nc2ccc(O)cn2)cc1N(C)c1cccc(-c2ncc(F)cn2)c1OC. The lowest BCUT2D eigenvalue weighted by Gasteiger charge is -2.25. The number of benzene rings is 1. The van der Waals surface area contributed by atoms with Gasteiger partial charge in [0.15, 0.2) is 23.2 Å². The molecule has 0 spiro atoms. The van der Waals surface area contributed by atoms with E-state index in [0.29, 0.717) is 52.1 Å². The van der Waals surface area contributed by atoms with E-state index >= 15 is 0 Å². The van der Waals surface area contributed by atoms with Crippen LogP contribution in [0.4, 0.5) is 27.4 Å². The van der Waals surface area contributed by atoms with Crippen molar-refractivity contribution in [2.45, 2.75) is 13.3 Å². The van der Waals surface area contributed by atoms with Crippen molar-refractivity contribution in [3.8, 4) is 22.9 Å². The number of Topliss-reactive ketones (excluding diaryl/α,β-unsaturated/α-hetero) is 1. The van der Waals surface area contributed by atoms with Crippen LogP contribution in [0.15, 0.2) is 61.2 Å². The summed E-state index contributed by atoms with van der Waals surface area (Å²) < 4.78 is 19.1. The predicted octanol–water partition coefficient (Wildman–Crippen LogP) is 4.89. The molecule has 178 valence electrons. The maximum atomic E-state index is 13.4. The molecule has 0 atom stereocenters. The Morgan fingerprint density at radius 3 is 2.43 bits per heavy atom. The summed E-state index contributed by atoms with van der Waals surface area (Å²) in [6.07, 6.45) is 5.32. The van der Waals surface area contributed by atoms with Crippen LogP contribution in [0.5, 0.6) is 11.5 Å². The number of carbonyl (C=O) groups is 1. The summed E-state index contributed by atoms with van der Waals surface area (Å²) >= 11 is 0. The van der Waals surface area contributed by atoms with Crippen molar-refractivity contribution in [3.63, 3.8) is 0 Å². The summed E-state index contributed by atoms with van der Waals surface area (Å²) in [6.45, 7) is 1.78. The Bertz CT molecular complexity index is 1350. The van der Waals surface area contributed by atoms with Crippen molar-refractivity contribution in [2.24, 2.45) is 0 Å². The van der Waals surface area contributed by atoms with Gasteiger partial charge in [-0.05, 0) is 24.3 Å². The molecule has 35 heavy (non-hydrogen) atoms. The number of carbonyl (C=O) groups excluding carboxylic acids is 1. The first kappa shape index (κ1) is 23.6. The van der Waals surface area contributed by atoms with E-state index in [1.165, 1.54) is 25.6 Å². The van der Waals surface area contributed by atoms with Gasteiger partial charge in [-0.1, -0.05) is 13.0 Å². The molecular formula is C25H23FN6O3. The Kier molecular flexibility index (Phi) is 6.81. The van der Waals surface area contributed by atoms with Crippen LogP contribution >= 0.6 is 0 Å². The highest BCUT2D eigenvalue weighted by molar-refractivity contribution is 6.02. The molecule has 0 aliphatic heterocycles. The van der Waals surface area contributed by atoms with Crippen LogP contribution in [0.25, 0.3) is 11.4 Å². The van der Waals surface area contributed by atoms with Crippen LogP contribution < -0.4 is 15.0 Å². The van der Waals surface area contributed by atoms with Gasteiger partial charge in [0.2, 0.25) is 0 Å². The summed E-state index contributed by atoms with van der Waals surface area (Å²) in [7, 11) is 3.32. The van der Waals surface area contributed by atoms with Crippen molar-refractivity contribution >= 4 is 28.8 Å². The van der Waals surface area contributed by atoms with Gasteiger partial charge in [0.05, 0.1) is 48.2 Å². The normalized spacial score (nSPS) is 10.6. The van der Waals surface area contributed by atoms with Crippen LogP contribution in [-0.4, -0.2) is 45.0 Å². The van der Waals surface area contributed by atoms with E-state index in [4.69, 9.17) is 4.74 Å². The van der Waals surface area contributed by atoms with Crippen molar-refractivity contribution in [1.82, 2.24) is 19.9 Å². The smallest absolute Gasteiger partial charge is 0.166 e. The number of ketones is 1. The molecule has 4 rings (SSSR count). The van der Waals surface area contributed by atoms with E-state index in [9.17, 15) is 14.3 Å². The molecule has 2 N–H and O–H groups in total. The Balaban J connectivity index is 1.79. The zero-order valence-corrected chi connectivity index (χ0v) is 19.4. The molecule has 0 amide bonds. The third-order valence-corrected chi connectivity index (χ3v) is 5.29. The zero-order chi connectivity index (χ0) is 24.9. The van der Waals surface area contributed by atoms with Crippen LogP contribution in [0.2, 0.25) is 0 Å². The minimum absolute atomic E-state index is 0.0462. The summed E-state index contributed by atoms with van der Waals surface area (Å²) in [5.41, 5.74) is 2.23. The molecule has 0 saturated heterocycles. The number of ether oxygens (including phenoxy) is 1. The van der Waals surface area contributed by atoms with Gasteiger partial charge in [-0.3, -0.25) is 4.79 Å². The Morgan fingerprint density at radius 2 is 1.77 bits per heavy atom. The quantitative estimate of drug-likeness (QED) is 0.345. The van der Waals surface area contributed by atoms with Gasteiger partial charge in [0.1, 0.15) is 17.4 Å². The summed E-state index contributed by atoms with van der Waals surface area (Å²) in [5.74, 6) is 1.13. The van der Waals surface area contributed by atoms with E-state index in [2.05, 4.69) is 25.3 Å². The maximum absolute atomic E-state index is 13.4. The predicted molar refractivity (Wildman–Crippen MR) is 130 cm³/mol. The van der Waals surface area contributed by atoms with Crippen molar-refractivity contribution in [3.05, 3.63) is 72.6 Å². The van der Waals surface area contributed by atoms with Gasteiger partial charge in [0, 0.05) is 25.7 Å². The largest absolute Gasteiger partial charge is 0.506 e. The van der Waals surface area contributed by atoms with Gasteiger partial charge in [-0.15, -0.1) is 0 Å². The summed E-state index contributed by atoms with van der Waals surface area (Å²) in [5, 5.41) is 12.5. The molecule has 0 radical (unpaired) electrons. The van der Waals surface area contributed by atoms with Gasteiger partial charge in [0.25, 0.3) is 0 Å². The highest BCUT2D eigenvalue weighted by Gasteiger charge is 2.21. The van der Waals surface area contributed by atoms with Crippen LogP contribution in [0.3, 0.4) is 0 Å². The number of aromatic hydroxyl groups is 1. The van der Waals surface area contributed by atoms with E-state index in [1.807, 2.05) is 11.0 Å². The topological polar surface area (TPSA) is 113 Å². The molecule has 0 bridgehead atoms. The fraction of sp³-hybridized carbons (Fsp3) is 0.160. The molecule has 0 unspecified atom stereocenters. The minimum Gasteiger partial charge on any atom is -0.506 e. The number of anilines is 4. The Morgan fingerprint density at radius 1 is 1.03 bits per heavy atom. The first-order valence-corrected chi connectivity index (χ1v) is 10.7. The lowest BCUT2D eigenvalue weighted by atomic mass is 10.1. The number of rotatable bonds is 8. The molecular weight excluding hydrogens is 451 g/mol. The number of halogens is 1. The number of methoxy groups -OCH3 is 1. The van der Waals surface area contributed by atoms with E-state index in [0.717, 1.165) is 12.4 Å². The van der Waals surface area contributed by atoms with Crippen molar-refractivity contribution < 1.29 is 19.0 Å². The molecule has 4 aromatic rings. The van der Waals surface area contributed by atoms with E-state index < -0.39 is 5.82 Å². The highest BCUT2D eigenvalue weighted by atomic mass is 19.1. The molecule has 10 heteroatoms. The zero-order valence-electron chi connectivity index (χ0n) is 19.4. The first-order valence-electron chi connectivity index (χ1n) is 10.7. The van der Waals surface area contributed by atoms with Gasteiger partial charge in [-0.25, -0.2) is 24.3 Å². The molecule has 3 heterocycles. The van der Waals surface area contributed by atoms with Gasteiger partial charge < -0.3 is 20.1 Å². The lowest BCUT2D eigenvalue weighted by molar-refractivity contribution is 0.0988. The van der Waals surface area contributed by atoms with Crippen molar-refractivity contribution in [1.29, 1.82) is 0 Å². The molecule has 0 fully saturated rings. The third-order valence-electron chi connectivity index (χ3n) is 5.29. The van der Waals surface area contributed by atoms with Crippen LogP contribution in [0.1, 0.15) is 23.7 Å². The molecule has 1 aromatic carbocycles. The van der Waals surface area contributed by atoms with Gasteiger partial charge in [-0.2, -0.15) is 0 Å². The van der Waals surface area contributed by atoms with Crippen LogP contribution in [0, 0.1) is 5.82 Å². The molecule has 0 aliphatic carbocycles. The number of nitrogens with one attached hydrogen (secondary N) is 1. The summed E-state index contributed by atoms with van der Waals surface area (Å²) in [6, 6.07) is 10.3. The van der Waals surface area contributed by atoms with Gasteiger partial charge >= 0.3 is 0 Å². The first-order chi connectivity index (χ1) is 16.9. The molecule has 9 nitrogen and oxygen atoms in total. The highest BCUT2D eigenvalue weighted by Crippen LogP contribution is 2.40. The van der Waals surface area contributed by atoms with Crippen LogP contribution in [-0.2, 0) is 0 Å². The number of hydrogen-bond donors (Lipinski definition) is 2. The number of aromatic nitrogens is 4. The Hall–Kier alpha value is -4.60. The lowest BCUT2D eigenvalue weighted by Crippen LogP contribution is -2.16. The van der Waals surface area contributed by atoms with E-state index in [1.54, 1.807) is 38.2 Å². The molecule has 0 aliphatic rings. The fourth-order valence-corrected chi connectivity index (χ4v) is 3.55. The standard InChI is InChI=1S/C25H23FN6O3/c1-4-21(34)18-14-28-23(31-22-9-8-16(33)13-27-22)10-20(18)32(2)19-7-5-6-17(24(19)35-3)25-29-11-15(26)12-30-25/h5-14,33H,4H2,1-3H3,(H,27,28,31). The Labute approximate surface area is 201 Å². The van der Waals surface area contributed by atoms with E-state index in [-0.39, 0.29) is 11.5 Å². The monoisotopic (exact) mass is 474 g/mol. The second-order valence-electron chi connectivity index (χ2n) is 7.53. The van der Waals surface area contributed by atoms with Crippen molar-refractivity contribution in [2.75, 3.05) is 24.4 Å². The average Bonchev–Trinajstić information content (AvgIpc) is 2.89. The number of nitrogens with zero attached hydrogens (tertiary/aromatic N) is 5. The number of pyridine rings is 2. The molecule has 3 aromatic heterocycles. The maximum Gasteiger partial charge on any atom is 0.166 e. The third kappa shape index (κ3) is 5.01. The number of para-hydroxylation sites is 1. The minimum atomic E-state index is -0.538. The second-order valence-corrected chi connectivity index (χ2v) is 7.53.